The van der Waals surface area contributed by atoms with Crippen molar-refractivity contribution >= 4 is 0 Å². The number of imidazole rings is 1. The third-order valence-corrected chi connectivity index (χ3v) is 1.74. The molecule has 2 rings (SSSR count). The van der Waals surface area contributed by atoms with Gasteiger partial charge >= 0.3 is 0 Å². The van der Waals surface area contributed by atoms with Gasteiger partial charge in [-0.05, 0) is 11.6 Å². The zero-order valence-electron chi connectivity index (χ0n) is 6.62. The normalized spacial score (nSPS) is 10.0. The maximum atomic E-state index is 3.95. The highest BCUT2D eigenvalue weighted by molar-refractivity contribution is 5.19. The first kappa shape index (κ1) is 7.10. The van der Waals surface area contributed by atoms with Crippen LogP contribution in [0.25, 0.3) is 0 Å². The lowest BCUT2D eigenvalue weighted by atomic mass is 10.1. The van der Waals surface area contributed by atoms with Gasteiger partial charge in [0, 0.05) is 18.3 Å². The minimum Gasteiger partial charge on any atom is -0.348 e. The smallest absolute Gasteiger partial charge is 0.0921 e. The number of hydrogen-bond acceptors (Lipinski definition) is 1. The van der Waals surface area contributed by atoms with E-state index in [1.54, 1.807) is 6.33 Å². The van der Waals surface area contributed by atoms with Gasteiger partial charge in [0.05, 0.1) is 6.33 Å². The van der Waals surface area contributed by atoms with Crippen LogP contribution in [0.1, 0.15) is 11.3 Å². The number of aromatic amines is 1. The fraction of sp³-hybridized carbons (Fsp3) is 0.100. The molecule has 0 saturated heterocycles. The van der Waals surface area contributed by atoms with Crippen molar-refractivity contribution in [2.24, 2.45) is 0 Å². The Bertz CT molecular complexity index is 324. The first-order valence-electron chi connectivity index (χ1n) is 3.87. The van der Waals surface area contributed by atoms with E-state index in [4.69, 9.17) is 0 Å². The Morgan fingerprint density at radius 3 is 2.83 bits per heavy atom. The molecule has 0 amide bonds. The van der Waals surface area contributed by atoms with Crippen molar-refractivity contribution in [3.8, 4) is 0 Å². The summed E-state index contributed by atoms with van der Waals surface area (Å²) in [4.78, 5) is 7.02. The molecule has 0 aliphatic carbocycles. The van der Waals surface area contributed by atoms with Crippen molar-refractivity contribution < 1.29 is 0 Å². The molecule has 2 nitrogen and oxygen atoms in total. The molecule has 0 fully saturated rings. The largest absolute Gasteiger partial charge is 0.348 e. The first-order chi connectivity index (χ1) is 5.95. The van der Waals surface area contributed by atoms with Crippen LogP contribution in [0.15, 0.2) is 36.8 Å². The molecule has 1 aromatic carbocycles. The van der Waals surface area contributed by atoms with Crippen LogP contribution in [0, 0.1) is 6.07 Å². The van der Waals surface area contributed by atoms with Crippen molar-refractivity contribution in [1.29, 1.82) is 0 Å². The molecule has 0 saturated carbocycles. The third-order valence-electron chi connectivity index (χ3n) is 1.74. The Kier molecular flexibility index (Phi) is 1.90. The van der Waals surface area contributed by atoms with Gasteiger partial charge in [0.1, 0.15) is 0 Å². The van der Waals surface area contributed by atoms with Gasteiger partial charge in [-0.25, -0.2) is 4.98 Å². The predicted octanol–water partition coefficient (Wildman–Crippen LogP) is 1.80. The fourth-order valence-corrected chi connectivity index (χ4v) is 1.14. The van der Waals surface area contributed by atoms with Gasteiger partial charge < -0.3 is 4.98 Å². The Hall–Kier alpha value is -1.57. The molecule has 0 spiro atoms. The first-order valence-corrected chi connectivity index (χ1v) is 3.87. The fourth-order valence-electron chi connectivity index (χ4n) is 1.14. The van der Waals surface area contributed by atoms with Crippen LogP contribution < -0.4 is 0 Å². The summed E-state index contributed by atoms with van der Waals surface area (Å²) in [6.07, 6.45) is 4.45. The molecule has 0 aliphatic rings. The van der Waals surface area contributed by atoms with Crippen LogP contribution in [0.2, 0.25) is 0 Å². The van der Waals surface area contributed by atoms with E-state index in [-0.39, 0.29) is 0 Å². The number of nitrogens with one attached hydrogen (secondary N) is 1. The highest BCUT2D eigenvalue weighted by Gasteiger charge is 1.94. The van der Waals surface area contributed by atoms with Crippen molar-refractivity contribution in [1.82, 2.24) is 9.97 Å². The second kappa shape index (κ2) is 3.22. The third kappa shape index (κ3) is 1.53. The lowest BCUT2D eigenvalue weighted by Gasteiger charge is -1.95. The van der Waals surface area contributed by atoms with E-state index < -0.39 is 0 Å². The van der Waals surface area contributed by atoms with Gasteiger partial charge in [0.25, 0.3) is 0 Å². The molecule has 0 atom stereocenters. The zero-order chi connectivity index (χ0) is 8.23. The van der Waals surface area contributed by atoms with Crippen LogP contribution in [0.5, 0.6) is 0 Å². The average Bonchev–Trinajstić information content (AvgIpc) is 2.59. The van der Waals surface area contributed by atoms with Gasteiger partial charge in [0.2, 0.25) is 0 Å². The summed E-state index contributed by atoms with van der Waals surface area (Å²) < 4.78 is 0. The van der Waals surface area contributed by atoms with Crippen LogP contribution in [0.3, 0.4) is 0 Å². The van der Waals surface area contributed by atoms with Gasteiger partial charge in [-0.2, -0.15) is 0 Å². The molecule has 2 aromatic rings. The SMILES string of the molecule is [c]1ccc(Cc2cnc[nH]2)cc1. The Morgan fingerprint density at radius 1 is 1.33 bits per heavy atom. The van der Waals surface area contributed by atoms with Crippen molar-refractivity contribution in [3.63, 3.8) is 0 Å². The van der Waals surface area contributed by atoms with E-state index in [1.165, 1.54) is 5.56 Å². The summed E-state index contributed by atoms with van der Waals surface area (Å²) in [5.74, 6) is 0. The number of H-pyrrole nitrogens is 1. The molecule has 59 valence electrons. The minimum atomic E-state index is 0.911. The molecule has 1 radical (unpaired) electrons. The van der Waals surface area contributed by atoms with Crippen molar-refractivity contribution in [2.75, 3.05) is 0 Å². The summed E-state index contributed by atoms with van der Waals surface area (Å²) >= 11 is 0. The monoisotopic (exact) mass is 157 g/mol. The van der Waals surface area contributed by atoms with Crippen molar-refractivity contribution in [2.45, 2.75) is 6.42 Å². The predicted molar refractivity (Wildman–Crippen MR) is 46.7 cm³/mol. The maximum Gasteiger partial charge on any atom is 0.0921 e. The number of hydrogen-bond donors (Lipinski definition) is 1. The van der Waals surface area contributed by atoms with Crippen LogP contribution >= 0.6 is 0 Å². The zero-order valence-corrected chi connectivity index (χ0v) is 6.62. The quantitative estimate of drug-likeness (QED) is 0.707. The average molecular weight is 157 g/mol. The molecule has 2 heteroatoms. The highest BCUT2D eigenvalue weighted by atomic mass is 14.9. The van der Waals surface area contributed by atoms with Crippen LogP contribution in [-0.4, -0.2) is 9.97 Å². The topological polar surface area (TPSA) is 28.7 Å². The summed E-state index contributed by atoms with van der Waals surface area (Å²) in [5, 5.41) is 0. The second-order valence-electron chi connectivity index (χ2n) is 2.66. The molecule has 1 heterocycles. The van der Waals surface area contributed by atoms with E-state index >= 15 is 0 Å². The number of rotatable bonds is 2. The van der Waals surface area contributed by atoms with Gasteiger partial charge in [-0.15, -0.1) is 0 Å². The summed E-state index contributed by atoms with van der Waals surface area (Å²) in [5.41, 5.74) is 2.42. The van der Waals surface area contributed by atoms with Gasteiger partial charge in [-0.1, -0.05) is 24.3 Å². The molecule has 1 N–H and O–H groups in total. The Labute approximate surface area is 71.3 Å². The Morgan fingerprint density at radius 2 is 2.17 bits per heavy atom. The lowest BCUT2D eigenvalue weighted by Crippen LogP contribution is -1.86. The number of nitrogens with zero attached hydrogens (tertiary/aromatic N) is 1. The molecule has 0 unspecified atom stereocenters. The minimum absolute atomic E-state index is 0.911. The molecule has 1 aromatic heterocycles. The molecule has 0 bridgehead atoms. The summed E-state index contributed by atoms with van der Waals surface area (Å²) in [6, 6.07) is 10.9. The molecular formula is C10H9N2. The van der Waals surface area contributed by atoms with Crippen molar-refractivity contribution in [3.05, 3.63) is 54.1 Å². The summed E-state index contributed by atoms with van der Waals surface area (Å²) in [7, 11) is 0. The van der Waals surface area contributed by atoms with Crippen LogP contribution in [0.4, 0.5) is 0 Å². The standard InChI is InChI=1S/C10H9N2/c1-2-4-9(5-3-1)6-10-7-11-8-12-10/h2-5,7-8H,6H2,(H,11,12). The lowest BCUT2D eigenvalue weighted by molar-refractivity contribution is 1.11. The van der Waals surface area contributed by atoms with E-state index in [0.29, 0.717) is 0 Å². The van der Waals surface area contributed by atoms with Gasteiger partial charge in [0.15, 0.2) is 0 Å². The molecule has 0 aliphatic heterocycles. The van der Waals surface area contributed by atoms with Gasteiger partial charge in [-0.3, -0.25) is 0 Å². The molecular weight excluding hydrogens is 148 g/mol. The second-order valence-corrected chi connectivity index (χ2v) is 2.66. The van der Waals surface area contributed by atoms with E-state index in [2.05, 4.69) is 28.2 Å². The number of benzene rings is 1. The van der Waals surface area contributed by atoms with E-state index in [0.717, 1.165) is 12.1 Å². The highest BCUT2D eigenvalue weighted by Crippen LogP contribution is 2.04. The van der Waals surface area contributed by atoms with E-state index in [9.17, 15) is 0 Å². The Balaban J connectivity index is 2.15. The summed E-state index contributed by atoms with van der Waals surface area (Å²) in [6.45, 7) is 0. The molecule has 12 heavy (non-hydrogen) atoms. The van der Waals surface area contributed by atoms with E-state index in [1.807, 2.05) is 18.3 Å². The maximum absolute atomic E-state index is 3.95. The number of aromatic nitrogens is 2. The van der Waals surface area contributed by atoms with Crippen LogP contribution in [-0.2, 0) is 6.42 Å².